The Morgan fingerprint density at radius 2 is 0.714 bits per heavy atom. The molecule has 4 nitrogen and oxygen atoms in total. The van der Waals surface area contributed by atoms with Gasteiger partial charge in [0.2, 0.25) is 0 Å². The lowest BCUT2D eigenvalue weighted by atomic mass is 10.2. The summed E-state index contributed by atoms with van der Waals surface area (Å²) >= 11 is 55.7. The smallest absolute Gasteiger partial charge is 0.384 e. The lowest BCUT2D eigenvalue weighted by molar-refractivity contribution is 0.296. The number of halogens is 9. The van der Waals surface area contributed by atoms with Gasteiger partial charge in [-0.25, -0.2) is 0 Å². The molecule has 0 atom stereocenters. The average molecular weight is 678 g/mol. The molecule has 0 saturated carbocycles. The van der Waals surface area contributed by atoms with Crippen molar-refractivity contribution in [1.29, 1.82) is 0 Å². The fraction of sp³-hybridized carbons (Fsp3) is 0.143. The maximum absolute atomic E-state index is 14.2. The predicted molar refractivity (Wildman–Crippen MR) is 148 cm³/mol. The Hall–Kier alpha value is -0.100. The van der Waals surface area contributed by atoms with Gasteiger partial charge in [0, 0.05) is 0 Å². The van der Waals surface area contributed by atoms with Crippen LogP contribution in [0.1, 0.15) is 16.7 Å². The van der Waals surface area contributed by atoms with Crippen molar-refractivity contribution in [2.45, 2.75) is 20.8 Å². The number of phosphoric ester groups is 1. The number of aryl methyl sites for hydroxylation is 3. The number of phosphoric acid groups is 1. The summed E-state index contributed by atoms with van der Waals surface area (Å²) < 4.78 is 31.4. The maximum atomic E-state index is 14.2. The van der Waals surface area contributed by atoms with Gasteiger partial charge in [0.1, 0.15) is 15.1 Å². The van der Waals surface area contributed by atoms with Gasteiger partial charge in [0.15, 0.2) is 17.2 Å². The van der Waals surface area contributed by atoms with Crippen LogP contribution in [0.2, 0.25) is 45.2 Å². The van der Waals surface area contributed by atoms with Gasteiger partial charge in [-0.15, -0.1) is 0 Å². The molecule has 0 radical (unpaired) electrons. The fourth-order valence-electron chi connectivity index (χ4n) is 2.82. The van der Waals surface area contributed by atoms with Crippen molar-refractivity contribution in [3.05, 3.63) is 80.1 Å². The van der Waals surface area contributed by atoms with Gasteiger partial charge in [-0.1, -0.05) is 104 Å². The van der Waals surface area contributed by atoms with Crippen molar-refractivity contribution in [2.75, 3.05) is 0 Å². The fourth-order valence-corrected chi connectivity index (χ4v) is 6.68. The summed E-state index contributed by atoms with van der Waals surface area (Å²) in [5, 5.41) is -0.0113. The minimum Gasteiger partial charge on any atom is -0.384 e. The number of rotatable bonds is 6. The highest BCUT2D eigenvalue weighted by Crippen LogP contribution is 2.57. The Morgan fingerprint density at radius 1 is 0.486 bits per heavy atom. The molecule has 0 heterocycles. The molecule has 0 fully saturated rings. The summed E-state index contributed by atoms with van der Waals surface area (Å²) in [4.78, 5) is 0. The monoisotopic (exact) mass is 674 g/mol. The molecule has 0 bridgehead atoms. The molecule has 0 spiro atoms. The van der Waals surface area contributed by atoms with E-state index >= 15 is 0 Å². The van der Waals surface area contributed by atoms with Crippen molar-refractivity contribution < 1.29 is 18.1 Å². The zero-order valence-corrected chi connectivity index (χ0v) is 25.4. The molecule has 3 rings (SSSR count). The number of hydrogen-bond donors (Lipinski definition) is 0. The van der Waals surface area contributed by atoms with Gasteiger partial charge in [0.05, 0.1) is 30.1 Å². The molecule has 0 unspecified atom stereocenters. The van der Waals surface area contributed by atoms with E-state index in [9.17, 15) is 4.57 Å². The highest BCUT2D eigenvalue weighted by Gasteiger charge is 2.38. The quantitative estimate of drug-likeness (QED) is 0.192. The summed E-state index contributed by atoms with van der Waals surface area (Å²) in [6, 6.07) is 4.39. The van der Waals surface area contributed by atoms with E-state index in [0.717, 1.165) is 0 Å². The van der Waals surface area contributed by atoms with Crippen molar-refractivity contribution >= 4 is 112 Å². The maximum Gasteiger partial charge on any atom is 0.647 e. The topological polar surface area (TPSA) is 44.8 Å². The molecule has 14 heteroatoms. The Kier molecular flexibility index (Phi) is 9.54. The van der Waals surface area contributed by atoms with Crippen LogP contribution in [-0.4, -0.2) is 0 Å². The van der Waals surface area contributed by atoms with Crippen LogP contribution in [-0.2, 0) is 4.57 Å². The van der Waals surface area contributed by atoms with E-state index in [1.54, 1.807) is 20.8 Å². The van der Waals surface area contributed by atoms with Gasteiger partial charge < -0.3 is 13.6 Å². The van der Waals surface area contributed by atoms with E-state index in [-0.39, 0.29) is 62.5 Å². The average Bonchev–Trinajstić information content (AvgIpc) is 2.78. The minimum atomic E-state index is -4.71. The Labute approximate surface area is 246 Å². The molecule has 0 saturated heterocycles. The third-order valence-corrected chi connectivity index (χ3v) is 9.47. The molecule has 0 aromatic heterocycles. The van der Waals surface area contributed by atoms with E-state index in [1.807, 2.05) is 0 Å². The first-order valence-electron chi connectivity index (χ1n) is 9.28. The molecule has 188 valence electrons. The zero-order valence-electron chi connectivity index (χ0n) is 17.7. The molecule has 0 N–H and O–H groups in total. The molecule has 0 amide bonds. The Morgan fingerprint density at radius 3 is 0.943 bits per heavy atom. The molecular formula is C21H12Cl9O4P. The van der Waals surface area contributed by atoms with Crippen molar-refractivity contribution in [2.24, 2.45) is 0 Å². The lowest BCUT2D eigenvalue weighted by Crippen LogP contribution is -2.11. The van der Waals surface area contributed by atoms with Gasteiger partial charge in [-0.3, -0.25) is 0 Å². The van der Waals surface area contributed by atoms with Gasteiger partial charge in [0.25, 0.3) is 0 Å². The van der Waals surface area contributed by atoms with Crippen LogP contribution in [0.15, 0.2) is 18.2 Å². The minimum absolute atomic E-state index is 0.0343. The third-order valence-electron chi connectivity index (χ3n) is 4.52. The van der Waals surface area contributed by atoms with Crippen LogP contribution in [0.4, 0.5) is 0 Å². The van der Waals surface area contributed by atoms with Crippen molar-refractivity contribution in [3.8, 4) is 17.2 Å². The second kappa shape index (κ2) is 11.3. The van der Waals surface area contributed by atoms with Gasteiger partial charge in [-0.05, 0) is 55.7 Å². The zero-order chi connectivity index (χ0) is 26.4. The van der Waals surface area contributed by atoms with Crippen molar-refractivity contribution in [3.63, 3.8) is 0 Å². The van der Waals surface area contributed by atoms with E-state index in [4.69, 9.17) is 118 Å². The largest absolute Gasteiger partial charge is 0.647 e. The molecule has 0 aliphatic rings. The number of benzene rings is 3. The second-order valence-electron chi connectivity index (χ2n) is 7.12. The summed E-state index contributed by atoms with van der Waals surface area (Å²) in [6.07, 6.45) is 0. The normalized spacial score (nSPS) is 11.5. The standard InChI is InChI=1S/C21H12Cl9O4P/c1-7-4-10(22)13(25)16(28)19(7)32-35(31,33-20-8(2)5-11(23)14(26)17(20)29)34-21-9(3)6-12(24)15(27)18(21)30/h4-6H,1-3H3. The van der Waals surface area contributed by atoms with E-state index in [1.165, 1.54) is 18.2 Å². The highest BCUT2D eigenvalue weighted by molar-refractivity contribution is 7.49. The third kappa shape index (κ3) is 6.15. The lowest BCUT2D eigenvalue weighted by Gasteiger charge is -2.24. The molecule has 35 heavy (non-hydrogen) atoms. The van der Waals surface area contributed by atoms with Gasteiger partial charge in [-0.2, -0.15) is 4.57 Å². The molecule has 3 aromatic rings. The first kappa shape index (κ1) is 29.5. The van der Waals surface area contributed by atoms with Crippen LogP contribution >= 0.6 is 112 Å². The first-order chi connectivity index (χ1) is 16.2. The number of hydrogen-bond acceptors (Lipinski definition) is 4. The highest BCUT2D eigenvalue weighted by atomic mass is 35.5. The Bertz CT molecular complexity index is 1230. The first-order valence-corrected chi connectivity index (χ1v) is 14.1. The van der Waals surface area contributed by atoms with Crippen LogP contribution in [0.25, 0.3) is 0 Å². The van der Waals surface area contributed by atoms with Gasteiger partial charge >= 0.3 is 7.82 Å². The van der Waals surface area contributed by atoms with Crippen LogP contribution < -0.4 is 13.6 Å². The second-order valence-corrected chi connectivity index (χ2v) is 12.0. The summed E-state index contributed by atoms with van der Waals surface area (Å²) in [6.45, 7) is 4.80. The molecule has 0 aliphatic carbocycles. The summed E-state index contributed by atoms with van der Waals surface area (Å²) in [7, 11) is -4.71. The Balaban J connectivity index is 2.21. The van der Waals surface area contributed by atoms with Crippen molar-refractivity contribution in [1.82, 2.24) is 0 Å². The molecule has 3 aromatic carbocycles. The van der Waals surface area contributed by atoms with E-state index in [2.05, 4.69) is 0 Å². The predicted octanol–water partition coefficient (Wildman–Crippen LogP) is 12.1. The van der Waals surface area contributed by atoms with E-state index < -0.39 is 7.82 Å². The summed E-state index contributed by atoms with van der Waals surface area (Å²) in [5.41, 5.74) is 1.14. The molecule has 0 aliphatic heterocycles. The van der Waals surface area contributed by atoms with Crippen LogP contribution in [0, 0.1) is 20.8 Å². The SMILES string of the molecule is Cc1cc(Cl)c(Cl)c(Cl)c1OP(=O)(Oc1c(C)cc(Cl)c(Cl)c1Cl)Oc1c(C)cc(Cl)c(Cl)c1Cl. The van der Waals surface area contributed by atoms with Crippen LogP contribution in [0.3, 0.4) is 0 Å². The van der Waals surface area contributed by atoms with Crippen LogP contribution in [0.5, 0.6) is 17.2 Å². The van der Waals surface area contributed by atoms with E-state index in [0.29, 0.717) is 16.7 Å². The summed E-state index contributed by atoms with van der Waals surface area (Å²) in [5.74, 6) is -0.355. The molecular weight excluding hydrogens is 666 g/mol.